The third-order valence-electron chi connectivity index (χ3n) is 3.11. The maximum Gasteiger partial charge on any atom is 0.175 e. The van der Waals surface area contributed by atoms with Crippen LogP contribution in [0.25, 0.3) is 0 Å². The van der Waals surface area contributed by atoms with E-state index in [2.05, 4.69) is 10.4 Å². The molecular weight excluding hydrogens is 290 g/mol. The first-order valence-corrected chi connectivity index (χ1v) is 8.52. The van der Waals surface area contributed by atoms with E-state index in [1.54, 1.807) is 23.0 Å². The van der Waals surface area contributed by atoms with Gasteiger partial charge in [-0.3, -0.25) is 4.68 Å². The van der Waals surface area contributed by atoms with Crippen LogP contribution in [0.1, 0.15) is 11.7 Å². The number of hydrogen-bond donors (Lipinski definition) is 2. The summed E-state index contributed by atoms with van der Waals surface area (Å²) in [4.78, 5) is 0.255. The van der Waals surface area contributed by atoms with Crippen LogP contribution in [-0.2, 0) is 16.4 Å². The highest BCUT2D eigenvalue weighted by Gasteiger charge is 2.10. The van der Waals surface area contributed by atoms with Gasteiger partial charge in [-0.2, -0.15) is 5.10 Å². The highest BCUT2D eigenvalue weighted by molar-refractivity contribution is 7.90. The minimum atomic E-state index is -3.20. The molecule has 0 amide bonds. The molecule has 1 atom stereocenters. The highest BCUT2D eigenvalue weighted by Crippen LogP contribution is 2.15. The predicted octanol–water partition coefficient (Wildman–Crippen LogP) is 0.610. The summed E-state index contributed by atoms with van der Waals surface area (Å²) in [6, 6.07) is 8.15. The van der Waals surface area contributed by atoms with Crippen LogP contribution in [0.4, 0.5) is 0 Å². The van der Waals surface area contributed by atoms with Crippen molar-refractivity contribution in [1.82, 2.24) is 15.1 Å². The fraction of sp³-hybridized carbons (Fsp3) is 0.357. The first-order valence-electron chi connectivity index (χ1n) is 6.63. The summed E-state index contributed by atoms with van der Waals surface area (Å²) in [5, 5.41) is 17.3. The van der Waals surface area contributed by atoms with E-state index >= 15 is 0 Å². The molecule has 7 heteroatoms. The zero-order chi connectivity index (χ0) is 15.3. The van der Waals surface area contributed by atoms with Crippen LogP contribution in [-0.4, -0.2) is 42.7 Å². The Kier molecular flexibility index (Phi) is 5.11. The number of aromatic nitrogens is 2. The fourth-order valence-electron chi connectivity index (χ4n) is 1.92. The Morgan fingerprint density at radius 3 is 2.62 bits per heavy atom. The number of aliphatic hydroxyl groups is 1. The number of benzene rings is 1. The largest absolute Gasteiger partial charge is 0.387 e. The molecule has 2 rings (SSSR count). The molecule has 1 heterocycles. The lowest BCUT2D eigenvalue weighted by Gasteiger charge is -2.12. The van der Waals surface area contributed by atoms with Gasteiger partial charge in [-0.15, -0.1) is 0 Å². The van der Waals surface area contributed by atoms with Gasteiger partial charge in [0.2, 0.25) is 0 Å². The van der Waals surface area contributed by atoms with Crippen molar-refractivity contribution in [3.05, 3.63) is 48.3 Å². The highest BCUT2D eigenvalue weighted by atomic mass is 32.2. The normalized spacial score (nSPS) is 13.2. The Balaban J connectivity index is 1.81. The summed E-state index contributed by atoms with van der Waals surface area (Å²) in [6.07, 6.45) is 4.09. The monoisotopic (exact) mass is 309 g/mol. The molecule has 0 saturated heterocycles. The van der Waals surface area contributed by atoms with Gasteiger partial charge < -0.3 is 10.4 Å². The fourth-order valence-corrected chi connectivity index (χ4v) is 2.55. The predicted molar refractivity (Wildman–Crippen MR) is 79.6 cm³/mol. The van der Waals surface area contributed by atoms with Gasteiger partial charge in [-0.25, -0.2) is 8.42 Å². The van der Waals surface area contributed by atoms with Gasteiger partial charge >= 0.3 is 0 Å². The van der Waals surface area contributed by atoms with E-state index in [0.717, 1.165) is 12.8 Å². The molecule has 0 radical (unpaired) electrons. The molecule has 1 unspecified atom stereocenters. The van der Waals surface area contributed by atoms with E-state index in [1.165, 1.54) is 12.1 Å². The lowest BCUT2D eigenvalue weighted by Crippen LogP contribution is -2.25. The van der Waals surface area contributed by atoms with Crippen molar-refractivity contribution in [3.63, 3.8) is 0 Å². The maximum absolute atomic E-state index is 11.4. The van der Waals surface area contributed by atoms with Crippen LogP contribution in [0, 0.1) is 0 Å². The van der Waals surface area contributed by atoms with Crippen molar-refractivity contribution in [2.75, 3.05) is 19.3 Å². The minimum Gasteiger partial charge on any atom is -0.387 e. The van der Waals surface area contributed by atoms with Crippen molar-refractivity contribution in [2.24, 2.45) is 0 Å². The Morgan fingerprint density at radius 1 is 1.33 bits per heavy atom. The van der Waals surface area contributed by atoms with Gasteiger partial charge in [0.25, 0.3) is 0 Å². The summed E-state index contributed by atoms with van der Waals surface area (Å²) < 4.78 is 24.5. The quantitative estimate of drug-likeness (QED) is 0.732. The standard InChI is InChI=1S/C14H19N3O3S/c1-21(19,20)13-5-3-12(4-6-13)14(18)11-15-8-10-17-9-2-7-16-17/h2-7,9,14-15,18H,8,10-11H2,1H3. The molecule has 0 spiro atoms. The van der Waals surface area contributed by atoms with E-state index in [4.69, 9.17) is 0 Å². The van der Waals surface area contributed by atoms with Gasteiger partial charge in [0, 0.05) is 31.7 Å². The first-order chi connectivity index (χ1) is 9.97. The Morgan fingerprint density at radius 2 is 2.05 bits per heavy atom. The number of rotatable bonds is 7. The minimum absolute atomic E-state index is 0.255. The van der Waals surface area contributed by atoms with E-state index in [-0.39, 0.29) is 4.90 Å². The zero-order valence-corrected chi connectivity index (χ0v) is 12.6. The van der Waals surface area contributed by atoms with E-state index in [9.17, 15) is 13.5 Å². The second-order valence-electron chi connectivity index (χ2n) is 4.83. The average Bonchev–Trinajstić information content (AvgIpc) is 2.96. The van der Waals surface area contributed by atoms with E-state index < -0.39 is 15.9 Å². The summed E-state index contributed by atoms with van der Waals surface area (Å²) in [6.45, 7) is 1.83. The number of aliphatic hydroxyl groups excluding tert-OH is 1. The van der Waals surface area contributed by atoms with Crippen molar-refractivity contribution >= 4 is 9.84 Å². The number of hydrogen-bond acceptors (Lipinski definition) is 5. The summed E-state index contributed by atoms with van der Waals surface area (Å²) in [7, 11) is -3.20. The molecule has 2 aromatic rings. The number of sulfone groups is 1. The van der Waals surface area contributed by atoms with E-state index in [0.29, 0.717) is 18.7 Å². The van der Waals surface area contributed by atoms with Gasteiger partial charge in [-0.05, 0) is 23.8 Å². The van der Waals surface area contributed by atoms with Gasteiger partial charge in [0.05, 0.1) is 17.5 Å². The van der Waals surface area contributed by atoms with Gasteiger partial charge in [0.1, 0.15) is 0 Å². The Hall–Kier alpha value is -1.70. The third-order valence-corrected chi connectivity index (χ3v) is 4.24. The lowest BCUT2D eigenvalue weighted by molar-refractivity contribution is 0.174. The molecule has 0 saturated carbocycles. The van der Waals surface area contributed by atoms with Crippen LogP contribution in [0.2, 0.25) is 0 Å². The average molecular weight is 309 g/mol. The molecular formula is C14H19N3O3S. The van der Waals surface area contributed by atoms with E-state index in [1.807, 2.05) is 12.3 Å². The van der Waals surface area contributed by atoms with Gasteiger partial charge in [-0.1, -0.05) is 12.1 Å². The molecule has 0 aliphatic heterocycles. The van der Waals surface area contributed by atoms with Crippen LogP contribution >= 0.6 is 0 Å². The van der Waals surface area contributed by atoms with Crippen LogP contribution in [0.5, 0.6) is 0 Å². The van der Waals surface area contributed by atoms with Crippen LogP contribution < -0.4 is 5.32 Å². The van der Waals surface area contributed by atoms with Crippen molar-refractivity contribution in [2.45, 2.75) is 17.5 Å². The third kappa shape index (κ3) is 4.66. The molecule has 0 fully saturated rings. The Labute approximate surface area is 124 Å². The zero-order valence-electron chi connectivity index (χ0n) is 11.8. The van der Waals surface area contributed by atoms with Crippen molar-refractivity contribution in [3.8, 4) is 0 Å². The van der Waals surface area contributed by atoms with Gasteiger partial charge in [0.15, 0.2) is 9.84 Å². The molecule has 2 N–H and O–H groups in total. The number of nitrogens with zero attached hydrogens (tertiary/aromatic N) is 2. The van der Waals surface area contributed by atoms with Crippen molar-refractivity contribution in [1.29, 1.82) is 0 Å². The molecule has 0 aliphatic rings. The van der Waals surface area contributed by atoms with Crippen LogP contribution in [0.3, 0.4) is 0 Å². The smallest absolute Gasteiger partial charge is 0.175 e. The molecule has 0 bridgehead atoms. The molecule has 1 aromatic carbocycles. The molecule has 0 aliphatic carbocycles. The lowest BCUT2D eigenvalue weighted by atomic mass is 10.1. The van der Waals surface area contributed by atoms with Crippen LogP contribution in [0.15, 0.2) is 47.6 Å². The summed E-state index contributed by atoms with van der Waals surface area (Å²) in [5.74, 6) is 0. The Bertz CT molecular complexity index is 651. The number of nitrogens with one attached hydrogen (secondary N) is 1. The second kappa shape index (κ2) is 6.84. The second-order valence-corrected chi connectivity index (χ2v) is 6.85. The SMILES string of the molecule is CS(=O)(=O)c1ccc(C(O)CNCCn2cccn2)cc1. The van der Waals surface area contributed by atoms with Crippen molar-refractivity contribution < 1.29 is 13.5 Å². The first kappa shape index (κ1) is 15.7. The summed E-state index contributed by atoms with van der Waals surface area (Å²) in [5.41, 5.74) is 0.689. The summed E-state index contributed by atoms with van der Waals surface area (Å²) >= 11 is 0. The maximum atomic E-state index is 11.4. The molecule has 114 valence electrons. The molecule has 6 nitrogen and oxygen atoms in total. The topological polar surface area (TPSA) is 84.2 Å². The molecule has 1 aromatic heterocycles. The molecule has 21 heavy (non-hydrogen) atoms.